The fourth-order valence-corrected chi connectivity index (χ4v) is 3.71. The number of hydrogen-bond acceptors (Lipinski definition) is 3. The van der Waals surface area contributed by atoms with Crippen molar-refractivity contribution < 1.29 is 4.79 Å². The molecule has 0 atom stereocenters. The molecular formula is C20H16ClN3OS. The van der Waals surface area contributed by atoms with Gasteiger partial charge >= 0.3 is 0 Å². The Kier molecular flexibility index (Phi) is 4.73. The lowest BCUT2D eigenvalue weighted by Crippen LogP contribution is -2.27. The molecule has 0 unspecified atom stereocenters. The highest BCUT2D eigenvalue weighted by molar-refractivity contribution is 7.13. The van der Waals surface area contributed by atoms with Gasteiger partial charge in [-0.3, -0.25) is 4.79 Å². The first-order valence-corrected chi connectivity index (χ1v) is 9.51. The van der Waals surface area contributed by atoms with Crippen molar-refractivity contribution in [1.82, 2.24) is 14.9 Å². The number of nitrogens with one attached hydrogen (secondary N) is 1. The van der Waals surface area contributed by atoms with E-state index in [1.54, 1.807) is 15.9 Å². The van der Waals surface area contributed by atoms with Gasteiger partial charge in [0, 0.05) is 28.2 Å². The molecule has 130 valence electrons. The molecule has 1 N–H and O–H groups in total. The average molecular weight is 382 g/mol. The highest BCUT2D eigenvalue weighted by Crippen LogP contribution is 2.29. The van der Waals surface area contributed by atoms with Crippen molar-refractivity contribution in [2.24, 2.45) is 0 Å². The highest BCUT2D eigenvalue weighted by atomic mass is 35.5. The van der Waals surface area contributed by atoms with Crippen molar-refractivity contribution in [2.45, 2.75) is 6.42 Å². The van der Waals surface area contributed by atoms with E-state index in [0.717, 1.165) is 27.9 Å². The Hall–Kier alpha value is -2.63. The number of carbonyl (C=O) groups is 1. The van der Waals surface area contributed by atoms with E-state index in [1.165, 1.54) is 0 Å². The van der Waals surface area contributed by atoms with Gasteiger partial charge in [0.2, 0.25) is 0 Å². The number of carbonyl (C=O) groups excluding carboxylic acids is 1. The summed E-state index contributed by atoms with van der Waals surface area (Å²) in [4.78, 5) is 13.7. The predicted octanol–water partition coefficient (Wildman–Crippen LogP) is 4.69. The van der Waals surface area contributed by atoms with Crippen LogP contribution < -0.4 is 5.32 Å². The van der Waals surface area contributed by atoms with E-state index >= 15 is 0 Å². The van der Waals surface area contributed by atoms with Crippen LogP contribution in [0.2, 0.25) is 5.02 Å². The molecule has 0 radical (unpaired) electrons. The van der Waals surface area contributed by atoms with Gasteiger partial charge < -0.3 is 5.32 Å². The molecule has 26 heavy (non-hydrogen) atoms. The fourth-order valence-electron chi connectivity index (χ4n) is 2.83. The summed E-state index contributed by atoms with van der Waals surface area (Å²) in [7, 11) is 0. The van der Waals surface area contributed by atoms with Crippen LogP contribution in [0, 0.1) is 0 Å². The summed E-state index contributed by atoms with van der Waals surface area (Å²) in [6.45, 7) is 0.542. The van der Waals surface area contributed by atoms with Crippen molar-refractivity contribution >= 4 is 34.4 Å². The topological polar surface area (TPSA) is 46.4 Å². The van der Waals surface area contributed by atoms with Crippen LogP contribution in [0.1, 0.15) is 16.1 Å². The van der Waals surface area contributed by atoms with Crippen LogP contribution in [0.4, 0.5) is 0 Å². The second-order valence-electron chi connectivity index (χ2n) is 5.89. The minimum Gasteiger partial charge on any atom is -0.350 e. The number of aromatic nitrogens is 2. The lowest BCUT2D eigenvalue weighted by atomic mass is 10.1. The molecule has 1 aromatic carbocycles. The molecule has 0 aliphatic heterocycles. The summed E-state index contributed by atoms with van der Waals surface area (Å²) in [6, 6.07) is 17.5. The van der Waals surface area contributed by atoms with Crippen LogP contribution in [0.25, 0.3) is 16.0 Å². The molecule has 6 heteroatoms. The van der Waals surface area contributed by atoms with Crippen molar-refractivity contribution in [1.29, 1.82) is 0 Å². The van der Waals surface area contributed by atoms with Gasteiger partial charge in [-0.05, 0) is 53.8 Å². The first-order valence-electron chi connectivity index (χ1n) is 8.25. The number of rotatable bonds is 5. The van der Waals surface area contributed by atoms with Gasteiger partial charge in [-0.15, -0.1) is 11.3 Å². The second kappa shape index (κ2) is 7.32. The maximum Gasteiger partial charge on any atom is 0.271 e. The van der Waals surface area contributed by atoms with Gasteiger partial charge in [-0.1, -0.05) is 29.8 Å². The van der Waals surface area contributed by atoms with Crippen LogP contribution >= 0.6 is 22.9 Å². The second-order valence-corrected chi connectivity index (χ2v) is 7.28. The lowest BCUT2D eigenvalue weighted by molar-refractivity contribution is 0.0948. The highest BCUT2D eigenvalue weighted by Gasteiger charge is 2.13. The van der Waals surface area contributed by atoms with E-state index in [-0.39, 0.29) is 5.91 Å². The number of nitrogens with zero attached hydrogens (tertiary/aromatic N) is 2. The minimum absolute atomic E-state index is 0.174. The van der Waals surface area contributed by atoms with Crippen LogP contribution in [0.5, 0.6) is 0 Å². The zero-order chi connectivity index (χ0) is 17.9. The Balaban J connectivity index is 1.52. The Labute approximate surface area is 160 Å². The molecule has 4 nitrogen and oxygen atoms in total. The Morgan fingerprint density at radius 2 is 2.00 bits per heavy atom. The zero-order valence-electron chi connectivity index (χ0n) is 13.9. The third-order valence-corrected chi connectivity index (χ3v) is 5.29. The zero-order valence-corrected chi connectivity index (χ0v) is 15.4. The molecular weight excluding hydrogens is 366 g/mol. The van der Waals surface area contributed by atoms with Crippen LogP contribution in [-0.4, -0.2) is 22.1 Å². The van der Waals surface area contributed by atoms with Gasteiger partial charge in [-0.25, -0.2) is 4.52 Å². The maximum absolute atomic E-state index is 12.6. The van der Waals surface area contributed by atoms with Gasteiger partial charge in [0.15, 0.2) is 0 Å². The van der Waals surface area contributed by atoms with Gasteiger partial charge in [0.25, 0.3) is 5.91 Å². The summed E-state index contributed by atoms with van der Waals surface area (Å²) >= 11 is 7.54. The van der Waals surface area contributed by atoms with E-state index in [0.29, 0.717) is 17.3 Å². The molecule has 3 aromatic heterocycles. The molecule has 0 saturated carbocycles. The molecule has 0 saturated heterocycles. The predicted molar refractivity (Wildman–Crippen MR) is 106 cm³/mol. The third kappa shape index (κ3) is 3.49. The minimum atomic E-state index is -0.174. The Morgan fingerprint density at radius 1 is 1.15 bits per heavy atom. The Bertz CT molecular complexity index is 1040. The number of amides is 1. The molecule has 0 aliphatic carbocycles. The SMILES string of the molecule is O=C(NCCc1ccc(Cl)cc1)c1cc(-c2cccs2)c2cccn2n1. The van der Waals surface area contributed by atoms with E-state index < -0.39 is 0 Å². The van der Waals surface area contributed by atoms with Crippen LogP contribution in [0.15, 0.2) is 66.2 Å². The quantitative estimate of drug-likeness (QED) is 0.545. The standard InChI is InChI=1S/C20H16ClN3OS/c21-15-7-5-14(6-8-15)9-10-22-20(25)17-13-16(19-4-2-12-26-19)18-3-1-11-24(18)23-17/h1-8,11-13H,9-10H2,(H,22,25). The fraction of sp³-hybridized carbons (Fsp3) is 0.100. The van der Waals surface area contributed by atoms with E-state index in [2.05, 4.69) is 16.5 Å². The van der Waals surface area contributed by atoms with Gasteiger partial charge in [0.1, 0.15) is 5.69 Å². The largest absolute Gasteiger partial charge is 0.350 e. The normalized spacial score (nSPS) is 11.0. The smallest absolute Gasteiger partial charge is 0.271 e. The van der Waals surface area contributed by atoms with Crippen LogP contribution in [0.3, 0.4) is 0 Å². The van der Waals surface area contributed by atoms with E-state index in [4.69, 9.17) is 11.6 Å². The summed E-state index contributed by atoms with van der Waals surface area (Å²) in [5, 5.41) is 10.1. The summed E-state index contributed by atoms with van der Waals surface area (Å²) in [6.07, 6.45) is 2.60. The number of fused-ring (bicyclic) bond motifs is 1. The van der Waals surface area contributed by atoms with Crippen molar-refractivity contribution in [3.8, 4) is 10.4 Å². The Morgan fingerprint density at radius 3 is 2.77 bits per heavy atom. The summed E-state index contributed by atoms with van der Waals surface area (Å²) in [5.41, 5.74) is 3.55. The monoisotopic (exact) mass is 381 g/mol. The van der Waals surface area contributed by atoms with Gasteiger partial charge in [0.05, 0.1) is 5.52 Å². The van der Waals surface area contributed by atoms with Crippen molar-refractivity contribution in [3.63, 3.8) is 0 Å². The maximum atomic E-state index is 12.6. The number of thiophene rings is 1. The third-order valence-electron chi connectivity index (χ3n) is 4.13. The first-order chi connectivity index (χ1) is 12.7. The summed E-state index contributed by atoms with van der Waals surface area (Å²) in [5.74, 6) is -0.174. The van der Waals surface area contributed by atoms with E-state index in [9.17, 15) is 4.79 Å². The molecule has 0 spiro atoms. The number of hydrogen-bond donors (Lipinski definition) is 1. The molecule has 4 aromatic rings. The molecule has 0 fully saturated rings. The molecule has 3 heterocycles. The molecule has 4 rings (SSSR count). The van der Waals surface area contributed by atoms with Crippen LogP contribution in [-0.2, 0) is 6.42 Å². The molecule has 1 amide bonds. The van der Waals surface area contributed by atoms with Gasteiger partial charge in [-0.2, -0.15) is 5.10 Å². The van der Waals surface area contributed by atoms with Crippen molar-refractivity contribution in [3.05, 3.63) is 82.5 Å². The van der Waals surface area contributed by atoms with Crippen molar-refractivity contribution in [2.75, 3.05) is 6.54 Å². The summed E-state index contributed by atoms with van der Waals surface area (Å²) < 4.78 is 1.75. The molecule has 0 bridgehead atoms. The molecule has 0 aliphatic rings. The average Bonchev–Trinajstić information content (AvgIpc) is 3.34. The first kappa shape index (κ1) is 16.8. The number of halogens is 1. The van der Waals surface area contributed by atoms with E-state index in [1.807, 2.05) is 60.1 Å². The lowest BCUT2D eigenvalue weighted by Gasteiger charge is -2.08. The number of benzene rings is 1.